The van der Waals surface area contributed by atoms with Crippen molar-refractivity contribution >= 4 is 17.5 Å². The van der Waals surface area contributed by atoms with Gasteiger partial charge in [-0.05, 0) is 30.4 Å². The number of rotatable bonds is 1. The Balaban J connectivity index is 1.99. The maximum atomic E-state index is 12.6. The fourth-order valence-electron chi connectivity index (χ4n) is 3.55. The summed E-state index contributed by atoms with van der Waals surface area (Å²) in [5.41, 5.74) is 7.13. The zero-order chi connectivity index (χ0) is 14.4. The minimum absolute atomic E-state index is 0.00514. The quantitative estimate of drug-likeness (QED) is 0.631. The summed E-state index contributed by atoms with van der Waals surface area (Å²) >= 11 is 0. The highest BCUT2D eigenvalue weighted by molar-refractivity contribution is 6.23. The molecule has 3 unspecified atom stereocenters. The molecular formula is C16H20N2O2. The van der Waals surface area contributed by atoms with E-state index in [0.29, 0.717) is 28.7 Å². The fourth-order valence-corrected chi connectivity index (χ4v) is 3.55. The van der Waals surface area contributed by atoms with Crippen LogP contribution in [0.25, 0.3) is 0 Å². The van der Waals surface area contributed by atoms with Gasteiger partial charge in [0.25, 0.3) is 11.8 Å². The molecule has 0 radical (unpaired) electrons. The number of benzene rings is 1. The summed E-state index contributed by atoms with van der Waals surface area (Å²) in [6.07, 6.45) is 3.14. The van der Waals surface area contributed by atoms with Crippen LogP contribution < -0.4 is 5.73 Å². The van der Waals surface area contributed by atoms with E-state index in [1.54, 1.807) is 18.2 Å². The Morgan fingerprint density at radius 3 is 2.60 bits per heavy atom. The average Bonchev–Trinajstić information content (AvgIpc) is 2.67. The van der Waals surface area contributed by atoms with Crippen molar-refractivity contribution in [3.63, 3.8) is 0 Å². The number of imide groups is 1. The predicted molar refractivity (Wildman–Crippen MR) is 77.3 cm³/mol. The van der Waals surface area contributed by atoms with Crippen LogP contribution in [0.1, 0.15) is 53.8 Å². The van der Waals surface area contributed by atoms with Crippen molar-refractivity contribution < 1.29 is 9.59 Å². The van der Waals surface area contributed by atoms with Crippen molar-refractivity contribution in [1.29, 1.82) is 0 Å². The third kappa shape index (κ3) is 1.74. The summed E-state index contributed by atoms with van der Waals surface area (Å²) in [7, 11) is 0. The summed E-state index contributed by atoms with van der Waals surface area (Å²) < 4.78 is 0. The van der Waals surface area contributed by atoms with Crippen LogP contribution in [0.2, 0.25) is 0 Å². The second-order valence-corrected chi connectivity index (χ2v) is 6.08. The molecule has 106 valence electrons. The van der Waals surface area contributed by atoms with Gasteiger partial charge in [0.05, 0.1) is 11.1 Å². The summed E-state index contributed by atoms with van der Waals surface area (Å²) in [5, 5.41) is 0. The number of fused-ring (bicyclic) bond motifs is 1. The minimum atomic E-state index is -0.214. The first-order valence-electron chi connectivity index (χ1n) is 7.28. The molecule has 0 aromatic heterocycles. The molecule has 1 heterocycles. The third-order valence-corrected chi connectivity index (χ3v) is 4.97. The molecule has 1 aliphatic heterocycles. The van der Waals surface area contributed by atoms with Crippen LogP contribution in [0.15, 0.2) is 18.2 Å². The van der Waals surface area contributed by atoms with E-state index in [1.807, 2.05) is 0 Å². The van der Waals surface area contributed by atoms with Gasteiger partial charge in [0.1, 0.15) is 0 Å². The van der Waals surface area contributed by atoms with Gasteiger partial charge < -0.3 is 5.73 Å². The van der Waals surface area contributed by atoms with E-state index in [2.05, 4.69) is 13.8 Å². The molecule has 2 N–H and O–H groups in total. The van der Waals surface area contributed by atoms with Crippen molar-refractivity contribution in [1.82, 2.24) is 4.90 Å². The van der Waals surface area contributed by atoms with Crippen LogP contribution >= 0.6 is 0 Å². The van der Waals surface area contributed by atoms with Crippen molar-refractivity contribution in [3.05, 3.63) is 29.3 Å². The Labute approximate surface area is 118 Å². The van der Waals surface area contributed by atoms with Crippen molar-refractivity contribution in [3.8, 4) is 0 Å². The van der Waals surface area contributed by atoms with Gasteiger partial charge in [-0.3, -0.25) is 14.5 Å². The smallest absolute Gasteiger partial charge is 0.263 e. The number of nitrogen functional groups attached to an aromatic ring is 1. The lowest BCUT2D eigenvalue weighted by molar-refractivity contribution is 0.0431. The summed E-state index contributed by atoms with van der Waals surface area (Å²) in [4.78, 5) is 26.6. The molecule has 1 saturated carbocycles. The molecule has 2 amide bonds. The molecule has 4 nitrogen and oxygen atoms in total. The topological polar surface area (TPSA) is 63.4 Å². The van der Waals surface area contributed by atoms with Gasteiger partial charge in [-0.1, -0.05) is 32.8 Å². The van der Waals surface area contributed by atoms with Crippen LogP contribution in [0.3, 0.4) is 0 Å². The number of anilines is 1. The van der Waals surface area contributed by atoms with E-state index in [-0.39, 0.29) is 17.9 Å². The molecule has 3 atom stereocenters. The van der Waals surface area contributed by atoms with Crippen LogP contribution in [0.4, 0.5) is 5.69 Å². The summed E-state index contributed by atoms with van der Waals surface area (Å²) in [5.74, 6) is 0.486. The van der Waals surface area contributed by atoms with E-state index in [1.165, 1.54) is 11.3 Å². The van der Waals surface area contributed by atoms with Crippen LogP contribution in [0.5, 0.6) is 0 Å². The monoisotopic (exact) mass is 272 g/mol. The van der Waals surface area contributed by atoms with Crippen molar-refractivity contribution in [2.45, 2.75) is 39.2 Å². The van der Waals surface area contributed by atoms with Gasteiger partial charge in [-0.25, -0.2) is 0 Å². The zero-order valence-corrected chi connectivity index (χ0v) is 11.9. The van der Waals surface area contributed by atoms with Gasteiger partial charge >= 0.3 is 0 Å². The Hall–Kier alpha value is -1.84. The van der Waals surface area contributed by atoms with E-state index < -0.39 is 0 Å². The highest BCUT2D eigenvalue weighted by Gasteiger charge is 2.44. The molecule has 0 saturated heterocycles. The molecule has 1 aliphatic carbocycles. The number of nitrogens with two attached hydrogens (primary N) is 1. The predicted octanol–water partition coefficient (Wildman–Crippen LogP) is 2.69. The Morgan fingerprint density at radius 2 is 1.90 bits per heavy atom. The lowest BCUT2D eigenvalue weighted by Gasteiger charge is -2.38. The molecule has 1 fully saturated rings. The molecule has 0 spiro atoms. The van der Waals surface area contributed by atoms with Gasteiger partial charge in [0.2, 0.25) is 0 Å². The van der Waals surface area contributed by atoms with Gasteiger partial charge in [0.15, 0.2) is 0 Å². The standard InChI is InChI=1S/C16H20N2O2/c1-9-5-3-8-13(10(9)2)18-15(19)11-6-4-7-12(17)14(11)16(18)20/h4,6-7,9-10,13H,3,5,8,17H2,1-2H3. The highest BCUT2D eigenvalue weighted by Crippen LogP contribution is 2.37. The Morgan fingerprint density at radius 1 is 1.15 bits per heavy atom. The largest absolute Gasteiger partial charge is 0.398 e. The first-order chi connectivity index (χ1) is 9.52. The summed E-state index contributed by atoms with van der Waals surface area (Å²) in [6.45, 7) is 4.34. The van der Waals surface area contributed by atoms with Gasteiger partial charge in [0, 0.05) is 11.7 Å². The molecule has 3 rings (SSSR count). The maximum Gasteiger partial charge on any atom is 0.263 e. The summed E-state index contributed by atoms with van der Waals surface area (Å²) in [6, 6.07) is 5.12. The van der Waals surface area contributed by atoms with E-state index in [9.17, 15) is 9.59 Å². The first kappa shape index (κ1) is 13.2. The number of amides is 2. The second kappa shape index (κ2) is 4.62. The van der Waals surface area contributed by atoms with E-state index in [4.69, 9.17) is 5.73 Å². The molecular weight excluding hydrogens is 252 g/mol. The van der Waals surface area contributed by atoms with Crippen molar-refractivity contribution in [2.75, 3.05) is 5.73 Å². The SMILES string of the molecule is CC1CCCC(N2C(=O)c3cccc(N)c3C2=O)C1C. The number of hydrogen-bond acceptors (Lipinski definition) is 3. The normalized spacial score (nSPS) is 29.7. The molecule has 2 aliphatic rings. The van der Waals surface area contributed by atoms with E-state index in [0.717, 1.165) is 12.8 Å². The fraction of sp³-hybridized carbons (Fsp3) is 0.500. The maximum absolute atomic E-state index is 12.6. The highest BCUT2D eigenvalue weighted by atomic mass is 16.2. The average molecular weight is 272 g/mol. The number of hydrogen-bond donors (Lipinski definition) is 1. The zero-order valence-electron chi connectivity index (χ0n) is 11.9. The molecule has 4 heteroatoms. The van der Waals surface area contributed by atoms with Crippen LogP contribution in [-0.4, -0.2) is 22.8 Å². The van der Waals surface area contributed by atoms with Crippen molar-refractivity contribution in [2.24, 2.45) is 11.8 Å². The van der Waals surface area contributed by atoms with Crippen LogP contribution in [-0.2, 0) is 0 Å². The second-order valence-electron chi connectivity index (χ2n) is 6.08. The molecule has 1 aromatic carbocycles. The lowest BCUT2D eigenvalue weighted by atomic mass is 9.77. The van der Waals surface area contributed by atoms with E-state index >= 15 is 0 Å². The Bertz CT molecular complexity index is 582. The lowest BCUT2D eigenvalue weighted by Crippen LogP contribution is -2.47. The van der Waals surface area contributed by atoms with Gasteiger partial charge in [-0.2, -0.15) is 0 Å². The molecule has 20 heavy (non-hydrogen) atoms. The molecule has 1 aromatic rings. The number of nitrogens with zero attached hydrogens (tertiary/aromatic N) is 1. The Kier molecular flexibility index (Phi) is 3.04. The molecule has 0 bridgehead atoms. The van der Waals surface area contributed by atoms with Crippen LogP contribution in [0, 0.1) is 11.8 Å². The minimum Gasteiger partial charge on any atom is -0.398 e. The number of carbonyl (C=O) groups excluding carboxylic acids is 2. The first-order valence-corrected chi connectivity index (χ1v) is 7.28. The number of carbonyl (C=O) groups is 2. The van der Waals surface area contributed by atoms with Gasteiger partial charge in [-0.15, -0.1) is 0 Å². The third-order valence-electron chi connectivity index (χ3n) is 4.97.